The van der Waals surface area contributed by atoms with Crippen LogP contribution in [0.5, 0.6) is 0 Å². The average molecular weight is 332 g/mol. The van der Waals surface area contributed by atoms with E-state index in [1.807, 2.05) is 31.2 Å². The van der Waals surface area contributed by atoms with Crippen LogP contribution in [0.2, 0.25) is 0 Å². The zero-order valence-electron chi connectivity index (χ0n) is 10.6. The smallest absolute Gasteiger partial charge is 0.270 e. The van der Waals surface area contributed by atoms with E-state index < -0.39 is 4.92 Å². The fourth-order valence-corrected chi connectivity index (χ4v) is 2.31. The van der Waals surface area contributed by atoms with E-state index in [1.54, 1.807) is 0 Å². The van der Waals surface area contributed by atoms with Crippen LogP contribution in [0.25, 0.3) is 0 Å². The third kappa shape index (κ3) is 2.95. The van der Waals surface area contributed by atoms with Gasteiger partial charge >= 0.3 is 0 Å². The first-order valence-corrected chi connectivity index (χ1v) is 6.52. The number of non-ortho nitro benzene ring substituents is 1. The number of benzene rings is 2. The summed E-state index contributed by atoms with van der Waals surface area (Å²) in [4.78, 5) is 10.2. The summed E-state index contributed by atoms with van der Waals surface area (Å²) < 4.78 is 0.861. The summed E-state index contributed by atoms with van der Waals surface area (Å²) in [6.45, 7) is 1.97. The van der Waals surface area contributed by atoms with Gasteiger partial charge < -0.3 is 5.32 Å². The molecule has 0 spiro atoms. The maximum atomic E-state index is 10.7. The Hall–Kier alpha value is -2.39. The highest BCUT2D eigenvalue weighted by Gasteiger charge is 2.11. The van der Waals surface area contributed by atoms with E-state index in [0.29, 0.717) is 5.69 Å². The number of hydrogen-bond acceptors (Lipinski definition) is 4. The Morgan fingerprint density at radius 3 is 2.55 bits per heavy atom. The van der Waals surface area contributed by atoms with Gasteiger partial charge in [0.1, 0.15) is 6.07 Å². The molecule has 0 unspecified atom stereocenters. The molecule has 0 aromatic heterocycles. The van der Waals surface area contributed by atoms with Crippen LogP contribution >= 0.6 is 15.9 Å². The minimum absolute atomic E-state index is 0.102. The van der Waals surface area contributed by atoms with Crippen molar-refractivity contribution in [3.8, 4) is 6.07 Å². The Balaban J connectivity index is 2.39. The van der Waals surface area contributed by atoms with Crippen LogP contribution in [-0.4, -0.2) is 4.92 Å². The molecule has 0 amide bonds. The molecule has 0 saturated heterocycles. The van der Waals surface area contributed by atoms with E-state index in [2.05, 4.69) is 21.2 Å². The monoisotopic (exact) mass is 331 g/mol. The van der Waals surface area contributed by atoms with Crippen LogP contribution in [0.3, 0.4) is 0 Å². The van der Waals surface area contributed by atoms with Crippen molar-refractivity contribution in [2.24, 2.45) is 0 Å². The molecular weight excluding hydrogens is 322 g/mol. The molecule has 100 valence electrons. The van der Waals surface area contributed by atoms with Crippen molar-refractivity contribution in [2.75, 3.05) is 5.32 Å². The summed E-state index contributed by atoms with van der Waals surface area (Å²) in [5.74, 6) is 0. The van der Waals surface area contributed by atoms with E-state index in [9.17, 15) is 10.1 Å². The lowest BCUT2D eigenvalue weighted by Gasteiger charge is -2.10. The van der Waals surface area contributed by atoms with Gasteiger partial charge in [-0.3, -0.25) is 10.1 Å². The number of nitriles is 1. The van der Waals surface area contributed by atoms with Crippen LogP contribution < -0.4 is 5.32 Å². The lowest BCUT2D eigenvalue weighted by Crippen LogP contribution is -1.96. The van der Waals surface area contributed by atoms with E-state index in [4.69, 9.17) is 5.26 Å². The minimum Gasteiger partial charge on any atom is -0.354 e. The highest BCUT2D eigenvalue weighted by Crippen LogP contribution is 2.29. The maximum Gasteiger partial charge on any atom is 0.270 e. The average Bonchev–Trinajstić information content (AvgIpc) is 2.42. The summed E-state index contributed by atoms with van der Waals surface area (Å²) >= 11 is 3.44. The quantitative estimate of drug-likeness (QED) is 0.672. The highest BCUT2D eigenvalue weighted by molar-refractivity contribution is 9.10. The first-order chi connectivity index (χ1) is 9.51. The second-order valence-corrected chi connectivity index (χ2v) is 5.06. The summed E-state index contributed by atoms with van der Waals surface area (Å²) in [5, 5.41) is 22.9. The van der Waals surface area contributed by atoms with Crippen molar-refractivity contribution in [1.82, 2.24) is 0 Å². The van der Waals surface area contributed by atoms with E-state index >= 15 is 0 Å². The standard InChI is InChI=1S/C14H10BrN3O2/c1-9-2-4-14(12(15)6-9)17-13-5-3-11(18(19)20)7-10(13)8-16/h2-7,17H,1H3. The zero-order valence-corrected chi connectivity index (χ0v) is 12.1. The number of hydrogen-bond donors (Lipinski definition) is 1. The molecule has 0 aliphatic carbocycles. The van der Waals surface area contributed by atoms with Gasteiger partial charge in [0.25, 0.3) is 5.69 Å². The van der Waals surface area contributed by atoms with Gasteiger partial charge in [-0.05, 0) is 46.6 Å². The van der Waals surface area contributed by atoms with Crippen LogP contribution in [-0.2, 0) is 0 Å². The van der Waals surface area contributed by atoms with Crippen LogP contribution in [0.4, 0.5) is 17.1 Å². The van der Waals surface area contributed by atoms with Crippen molar-refractivity contribution < 1.29 is 4.92 Å². The van der Waals surface area contributed by atoms with Crippen molar-refractivity contribution in [1.29, 1.82) is 5.26 Å². The molecule has 2 aromatic rings. The molecule has 0 radical (unpaired) electrons. The van der Waals surface area contributed by atoms with Gasteiger partial charge in [0.2, 0.25) is 0 Å². The molecule has 0 saturated carbocycles. The van der Waals surface area contributed by atoms with E-state index in [0.717, 1.165) is 15.7 Å². The number of anilines is 2. The molecule has 20 heavy (non-hydrogen) atoms. The first-order valence-electron chi connectivity index (χ1n) is 5.73. The Bertz CT molecular complexity index is 723. The molecule has 0 aliphatic rings. The number of nitro benzene ring substituents is 1. The Kier molecular flexibility index (Phi) is 4.01. The van der Waals surface area contributed by atoms with E-state index in [1.165, 1.54) is 18.2 Å². The molecule has 2 aromatic carbocycles. The van der Waals surface area contributed by atoms with Gasteiger partial charge in [0.05, 0.1) is 21.9 Å². The topological polar surface area (TPSA) is 79.0 Å². The van der Waals surface area contributed by atoms with Gasteiger partial charge in [-0.1, -0.05) is 6.07 Å². The number of rotatable bonds is 3. The van der Waals surface area contributed by atoms with Crippen LogP contribution in [0, 0.1) is 28.4 Å². The predicted molar refractivity (Wildman–Crippen MR) is 80.0 cm³/mol. The van der Waals surface area contributed by atoms with E-state index in [-0.39, 0.29) is 11.3 Å². The maximum absolute atomic E-state index is 10.7. The lowest BCUT2D eigenvalue weighted by molar-refractivity contribution is -0.384. The molecule has 0 bridgehead atoms. The number of nitro groups is 1. The Morgan fingerprint density at radius 2 is 1.95 bits per heavy atom. The third-order valence-corrected chi connectivity index (χ3v) is 3.38. The van der Waals surface area contributed by atoms with Gasteiger partial charge in [0, 0.05) is 16.6 Å². The molecule has 0 atom stereocenters. The number of nitrogens with zero attached hydrogens (tertiary/aromatic N) is 2. The SMILES string of the molecule is Cc1ccc(Nc2ccc([N+](=O)[O-])cc2C#N)c(Br)c1. The van der Waals surface area contributed by atoms with Crippen molar-refractivity contribution >= 4 is 33.0 Å². The molecule has 1 N–H and O–H groups in total. The largest absolute Gasteiger partial charge is 0.354 e. The van der Waals surface area contributed by atoms with Crippen molar-refractivity contribution in [3.63, 3.8) is 0 Å². The van der Waals surface area contributed by atoms with Crippen LogP contribution in [0.15, 0.2) is 40.9 Å². The van der Waals surface area contributed by atoms with Gasteiger partial charge in [-0.15, -0.1) is 0 Å². The molecule has 0 fully saturated rings. The van der Waals surface area contributed by atoms with Gasteiger partial charge in [-0.25, -0.2) is 0 Å². The number of aryl methyl sites for hydroxylation is 1. The number of halogens is 1. The summed E-state index contributed by atoms with van der Waals surface area (Å²) in [6.07, 6.45) is 0. The molecule has 6 heteroatoms. The number of nitrogens with one attached hydrogen (secondary N) is 1. The minimum atomic E-state index is -0.521. The second kappa shape index (κ2) is 5.72. The summed E-state index contributed by atoms with van der Waals surface area (Å²) in [5.41, 5.74) is 2.55. The summed E-state index contributed by atoms with van der Waals surface area (Å²) in [6, 6.07) is 11.9. The third-order valence-electron chi connectivity index (χ3n) is 2.73. The lowest BCUT2D eigenvalue weighted by atomic mass is 10.1. The van der Waals surface area contributed by atoms with Crippen LogP contribution in [0.1, 0.15) is 11.1 Å². The fourth-order valence-electron chi connectivity index (χ4n) is 1.71. The summed E-state index contributed by atoms with van der Waals surface area (Å²) in [7, 11) is 0. The normalized spacial score (nSPS) is 9.85. The Labute approximate surface area is 124 Å². The van der Waals surface area contributed by atoms with Crippen molar-refractivity contribution in [2.45, 2.75) is 6.92 Å². The molecule has 0 aliphatic heterocycles. The van der Waals surface area contributed by atoms with Crippen molar-refractivity contribution in [3.05, 3.63) is 62.1 Å². The highest BCUT2D eigenvalue weighted by atomic mass is 79.9. The molecule has 2 rings (SSSR count). The molecule has 5 nitrogen and oxygen atoms in total. The van der Waals surface area contributed by atoms with Gasteiger partial charge in [0.15, 0.2) is 0 Å². The zero-order chi connectivity index (χ0) is 14.7. The van der Waals surface area contributed by atoms with Gasteiger partial charge in [-0.2, -0.15) is 5.26 Å². The first kappa shape index (κ1) is 14.0. The predicted octanol–water partition coefficient (Wildman–Crippen LogP) is 4.28. The Morgan fingerprint density at radius 1 is 1.25 bits per heavy atom. The molecular formula is C14H10BrN3O2. The molecule has 0 heterocycles. The fraction of sp³-hybridized carbons (Fsp3) is 0.0714. The second-order valence-electron chi connectivity index (χ2n) is 4.21.